The minimum atomic E-state index is -0.345. The molecule has 0 aliphatic carbocycles. The largest absolute Gasteiger partial charge is 0.453 e. The second kappa shape index (κ2) is 4.67. The lowest BCUT2D eigenvalue weighted by Crippen LogP contribution is -2.11. The summed E-state index contributed by atoms with van der Waals surface area (Å²) in [6.45, 7) is 1.81. The fraction of sp³-hybridized carbons (Fsp3) is 0.308. The maximum atomic E-state index is 13.0. The van der Waals surface area contributed by atoms with Crippen LogP contribution >= 0.6 is 0 Å². The second-order valence-electron chi connectivity index (χ2n) is 3.97. The molecule has 0 N–H and O–H groups in total. The van der Waals surface area contributed by atoms with Crippen LogP contribution in [0.5, 0.6) is 0 Å². The maximum absolute atomic E-state index is 13.0. The molecule has 0 fully saturated rings. The van der Waals surface area contributed by atoms with E-state index >= 15 is 0 Å². The van der Waals surface area contributed by atoms with E-state index in [0.717, 1.165) is 0 Å². The molecule has 0 aliphatic rings. The Morgan fingerprint density at radius 3 is 2.94 bits per heavy atom. The van der Waals surface area contributed by atoms with Crippen molar-refractivity contribution < 1.29 is 18.3 Å². The smallest absolute Gasteiger partial charge is 0.200 e. The minimum Gasteiger partial charge on any atom is -0.453 e. The summed E-state index contributed by atoms with van der Waals surface area (Å²) in [7, 11) is 1.55. The lowest BCUT2D eigenvalue weighted by atomic mass is 10.1. The molecule has 90 valence electrons. The number of Topliss-reactive ketones (excluding diaryl/α,β-unsaturated/α-hetero) is 1. The number of methoxy groups -OCH3 is 1. The standard InChI is InChI=1S/C13H13FO3/c1-8(16-2)5-11(15)13-7-9-6-10(14)3-4-12(9)17-13/h3-4,6-8H,5H2,1-2H3. The van der Waals surface area contributed by atoms with Crippen molar-refractivity contribution in [1.82, 2.24) is 0 Å². The third-order valence-corrected chi connectivity index (χ3v) is 2.63. The summed E-state index contributed by atoms with van der Waals surface area (Å²) in [6, 6.07) is 5.72. The first-order valence-corrected chi connectivity index (χ1v) is 5.35. The van der Waals surface area contributed by atoms with Gasteiger partial charge in [0.1, 0.15) is 11.4 Å². The lowest BCUT2D eigenvalue weighted by Gasteiger charge is -2.05. The van der Waals surface area contributed by atoms with Crippen molar-refractivity contribution in [3.8, 4) is 0 Å². The molecule has 2 aromatic rings. The van der Waals surface area contributed by atoms with E-state index in [1.165, 1.54) is 18.2 Å². The molecule has 0 bridgehead atoms. The topological polar surface area (TPSA) is 39.4 Å². The van der Waals surface area contributed by atoms with Gasteiger partial charge in [0, 0.05) is 18.9 Å². The fourth-order valence-corrected chi connectivity index (χ4v) is 1.60. The van der Waals surface area contributed by atoms with E-state index in [-0.39, 0.29) is 29.9 Å². The van der Waals surface area contributed by atoms with Crippen molar-refractivity contribution in [3.05, 3.63) is 35.8 Å². The number of ether oxygens (including phenoxy) is 1. The normalized spacial score (nSPS) is 12.9. The maximum Gasteiger partial charge on any atom is 0.200 e. The molecule has 0 amide bonds. The summed E-state index contributed by atoms with van der Waals surface area (Å²) in [6.07, 6.45) is 0.0890. The van der Waals surface area contributed by atoms with Gasteiger partial charge in [0.25, 0.3) is 0 Å². The van der Waals surface area contributed by atoms with E-state index in [4.69, 9.17) is 9.15 Å². The summed E-state index contributed by atoms with van der Waals surface area (Å²) in [5.41, 5.74) is 0.514. The molecule has 0 aliphatic heterocycles. The number of carbonyl (C=O) groups is 1. The van der Waals surface area contributed by atoms with Crippen molar-refractivity contribution in [2.24, 2.45) is 0 Å². The highest BCUT2D eigenvalue weighted by atomic mass is 19.1. The molecular weight excluding hydrogens is 223 g/mol. The number of benzene rings is 1. The van der Waals surface area contributed by atoms with Gasteiger partial charge in [0.15, 0.2) is 5.76 Å². The molecule has 0 saturated carbocycles. The van der Waals surface area contributed by atoms with Crippen LogP contribution in [0.4, 0.5) is 4.39 Å². The molecular formula is C13H13FO3. The molecule has 2 rings (SSSR count). The van der Waals surface area contributed by atoms with E-state index in [1.807, 2.05) is 0 Å². The molecule has 1 heterocycles. The monoisotopic (exact) mass is 236 g/mol. The summed E-state index contributed by atoms with van der Waals surface area (Å²) < 4.78 is 23.3. The molecule has 17 heavy (non-hydrogen) atoms. The van der Waals surface area contributed by atoms with Crippen molar-refractivity contribution >= 4 is 16.8 Å². The Hall–Kier alpha value is -1.68. The Labute approximate surface area is 98.2 Å². The molecule has 0 saturated heterocycles. The molecule has 1 aromatic carbocycles. The highest BCUT2D eigenvalue weighted by Crippen LogP contribution is 2.21. The summed E-state index contributed by atoms with van der Waals surface area (Å²) >= 11 is 0. The Kier molecular flexibility index (Phi) is 3.24. The molecule has 0 spiro atoms. The third kappa shape index (κ3) is 2.53. The Morgan fingerprint density at radius 2 is 2.24 bits per heavy atom. The van der Waals surface area contributed by atoms with Gasteiger partial charge in [-0.1, -0.05) is 0 Å². The molecule has 4 heteroatoms. The SMILES string of the molecule is COC(C)CC(=O)c1cc2cc(F)ccc2o1. The molecule has 3 nitrogen and oxygen atoms in total. The van der Waals surface area contributed by atoms with Gasteiger partial charge in [0.05, 0.1) is 6.10 Å². The third-order valence-electron chi connectivity index (χ3n) is 2.63. The highest BCUT2D eigenvalue weighted by molar-refractivity contribution is 5.97. The van der Waals surface area contributed by atoms with Gasteiger partial charge in [-0.2, -0.15) is 0 Å². The van der Waals surface area contributed by atoms with Crippen molar-refractivity contribution in [2.75, 3.05) is 7.11 Å². The average molecular weight is 236 g/mol. The van der Waals surface area contributed by atoms with Gasteiger partial charge in [-0.3, -0.25) is 4.79 Å². The number of hydrogen-bond donors (Lipinski definition) is 0. The van der Waals surface area contributed by atoms with Gasteiger partial charge in [0.2, 0.25) is 5.78 Å². The van der Waals surface area contributed by atoms with Gasteiger partial charge >= 0.3 is 0 Å². The van der Waals surface area contributed by atoms with Crippen LogP contribution in [0.2, 0.25) is 0 Å². The summed E-state index contributed by atoms with van der Waals surface area (Å²) in [4.78, 5) is 11.8. The van der Waals surface area contributed by atoms with Crippen molar-refractivity contribution in [2.45, 2.75) is 19.4 Å². The lowest BCUT2D eigenvalue weighted by molar-refractivity contribution is 0.0770. The zero-order chi connectivity index (χ0) is 12.4. The Balaban J connectivity index is 2.27. The minimum absolute atomic E-state index is 0.143. The second-order valence-corrected chi connectivity index (χ2v) is 3.97. The molecule has 1 unspecified atom stereocenters. The van der Waals surface area contributed by atoms with E-state index < -0.39 is 0 Å². The van der Waals surface area contributed by atoms with Crippen LogP contribution in [0.15, 0.2) is 28.7 Å². The number of ketones is 1. The van der Waals surface area contributed by atoms with Crippen molar-refractivity contribution in [1.29, 1.82) is 0 Å². The molecule has 1 aromatic heterocycles. The fourth-order valence-electron chi connectivity index (χ4n) is 1.60. The van der Waals surface area contributed by atoms with Crippen LogP contribution in [0.3, 0.4) is 0 Å². The quantitative estimate of drug-likeness (QED) is 0.765. The van der Waals surface area contributed by atoms with Crippen LogP contribution < -0.4 is 0 Å². The number of carbonyl (C=O) groups excluding carboxylic acids is 1. The first-order valence-electron chi connectivity index (χ1n) is 5.35. The van der Waals surface area contributed by atoms with Crippen LogP contribution in [0.1, 0.15) is 23.9 Å². The predicted octanol–water partition coefficient (Wildman–Crippen LogP) is 3.18. The van der Waals surface area contributed by atoms with Crippen LogP contribution in [0, 0.1) is 5.82 Å². The Morgan fingerprint density at radius 1 is 1.47 bits per heavy atom. The number of halogens is 1. The number of rotatable bonds is 4. The van der Waals surface area contributed by atoms with Gasteiger partial charge in [-0.15, -0.1) is 0 Å². The molecule has 1 atom stereocenters. The summed E-state index contributed by atoms with van der Waals surface area (Å²) in [5, 5.41) is 0.596. The average Bonchev–Trinajstić information content (AvgIpc) is 2.71. The van der Waals surface area contributed by atoms with Crippen LogP contribution in [-0.4, -0.2) is 19.0 Å². The van der Waals surface area contributed by atoms with E-state index in [1.54, 1.807) is 20.1 Å². The van der Waals surface area contributed by atoms with Gasteiger partial charge in [-0.25, -0.2) is 4.39 Å². The number of furan rings is 1. The zero-order valence-corrected chi connectivity index (χ0v) is 9.70. The van der Waals surface area contributed by atoms with Gasteiger partial charge < -0.3 is 9.15 Å². The number of fused-ring (bicyclic) bond motifs is 1. The van der Waals surface area contributed by atoms with Gasteiger partial charge in [-0.05, 0) is 31.2 Å². The first-order chi connectivity index (χ1) is 8.10. The number of hydrogen-bond acceptors (Lipinski definition) is 3. The summed E-state index contributed by atoms with van der Waals surface area (Å²) in [5.74, 6) is -0.243. The molecule has 0 radical (unpaired) electrons. The zero-order valence-electron chi connectivity index (χ0n) is 9.70. The van der Waals surface area contributed by atoms with Crippen molar-refractivity contribution in [3.63, 3.8) is 0 Å². The van der Waals surface area contributed by atoms with Crippen LogP contribution in [-0.2, 0) is 4.74 Å². The van der Waals surface area contributed by atoms with E-state index in [0.29, 0.717) is 11.0 Å². The Bertz CT molecular complexity index is 545. The van der Waals surface area contributed by atoms with E-state index in [9.17, 15) is 9.18 Å². The highest BCUT2D eigenvalue weighted by Gasteiger charge is 2.15. The predicted molar refractivity (Wildman–Crippen MR) is 61.6 cm³/mol. The van der Waals surface area contributed by atoms with Crippen LogP contribution in [0.25, 0.3) is 11.0 Å². The van der Waals surface area contributed by atoms with E-state index in [2.05, 4.69) is 0 Å². The first kappa shape index (κ1) is 11.8.